The summed E-state index contributed by atoms with van der Waals surface area (Å²) < 4.78 is 45.0. The number of unbranched alkanes of at least 4 members (excludes halogenated alkanes) is 9. The minimum absolute atomic E-state index is 0.123. The van der Waals surface area contributed by atoms with Crippen LogP contribution in [0.1, 0.15) is 84.5 Å². The van der Waals surface area contributed by atoms with Crippen LogP contribution in [0.25, 0.3) is 0 Å². The van der Waals surface area contributed by atoms with Crippen molar-refractivity contribution in [1.82, 2.24) is 0 Å². The molecule has 1 N–H and O–H groups in total. The first-order chi connectivity index (χ1) is 12.5. The summed E-state index contributed by atoms with van der Waals surface area (Å²) in [6.45, 7) is 4.25. The molecule has 158 valence electrons. The predicted molar refractivity (Wildman–Crippen MR) is 108 cm³/mol. The molecular weight excluding hydrogens is 376 g/mol. The number of ether oxygens (including phenoxy) is 2. The van der Waals surface area contributed by atoms with Gasteiger partial charge in [-0.2, -0.15) is 21.0 Å². The molecule has 0 saturated carbocycles. The lowest BCUT2D eigenvalue weighted by Gasteiger charge is -2.28. The highest BCUT2D eigenvalue weighted by molar-refractivity contribution is 7.81. The third-order valence-electron chi connectivity index (χ3n) is 4.04. The van der Waals surface area contributed by atoms with Gasteiger partial charge in [0.25, 0.3) is 0 Å². The summed E-state index contributed by atoms with van der Waals surface area (Å²) in [4.78, 5) is 0. The van der Waals surface area contributed by atoms with Crippen molar-refractivity contribution in [1.29, 1.82) is 0 Å². The van der Waals surface area contributed by atoms with Gasteiger partial charge in [-0.05, 0) is 25.0 Å². The van der Waals surface area contributed by atoms with E-state index in [9.17, 15) is 8.42 Å². The van der Waals surface area contributed by atoms with Crippen molar-refractivity contribution >= 4 is 23.0 Å². The molecule has 1 saturated heterocycles. The highest BCUT2D eigenvalue weighted by Gasteiger charge is 2.26. The highest BCUT2D eigenvalue weighted by Crippen LogP contribution is 2.17. The number of thiol groups is 1. The van der Waals surface area contributed by atoms with Gasteiger partial charge in [0, 0.05) is 0 Å². The first-order valence-electron chi connectivity index (χ1n) is 10.0. The van der Waals surface area contributed by atoms with Gasteiger partial charge in [0.1, 0.15) is 6.10 Å². The zero-order chi connectivity index (χ0) is 19.7. The van der Waals surface area contributed by atoms with Crippen LogP contribution in [0.3, 0.4) is 0 Å². The van der Waals surface area contributed by atoms with Crippen molar-refractivity contribution < 1.29 is 26.6 Å². The van der Waals surface area contributed by atoms with Crippen LogP contribution in [0.15, 0.2) is 0 Å². The molecule has 26 heavy (non-hydrogen) atoms. The quantitative estimate of drug-likeness (QED) is 0.241. The maximum atomic E-state index is 10.6. The average molecular weight is 415 g/mol. The van der Waals surface area contributed by atoms with E-state index in [2.05, 4.69) is 16.8 Å². The molecule has 1 fully saturated rings. The summed E-state index contributed by atoms with van der Waals surface area (Å²) in [7, 11) is -4.44. The molecule has 1 heterocycles. The Kier molecular flexibility index (Phi) is 17.3. The molecule has 0 aliphatic carbocycles. The molecular formula is C18H38O6S2. The van der Waals surface area contributed by atoms with Crippen LogP contribution in [0.4, 0.5) is 0 Å². The van der Waals surface area contributed by atoms with Crippen LogP contribution >= 0.6 is 12.6 Å². The number of hydrogen-bond acceptors (Lipinski definition) is 6. The van der Waals surface area contributed by atoms with Gasteiger partial charge in [-0.25, -0.2) is 4.18 Å². The molecule has 1 rings (SSSR count). The molecule has 0 atom stereocenters. The third-order valence-corrected chi connectivity index (χ3v) is 4.87. The lowest BCUT2D eigenvalue weighted by molar-refractivity contribution is -0.213. The Hall–Kier alpha value is 0.140. The molecule has 1 aliphatic rings. The molecule has 0 spiro atoms. The topological polar surface area (TPSA) is 82.1 Å². The third kappa shape index (κ3) is 16.3. The minimum Gasteiger partial charge on any atom is -0.350 e. The van der Waals surface area contributed by atoms with Crippen molar-refractivity contribution in [2.45, 2.75) is 96.9 Å². The number of rotatable bonds is 14. The summed E-state index contributed by atoms with van der Waals surface area (Å²) in [6.07, 6.45) is 12.3. The van der Waals surface area contributed by atoms with Crippen LogP contribution in [-0.2, 0) is 24.1 Å². The van der Waals surface area contributed by atoms with Gasteiger partial charge in [-0.3, -0.25) is 4.55 Å². The van der Waals surface area contributed by atoms with E-state index in [-0.39, 0.29) is 19.5 Å². The van der Waals surface area contributed by atoms with Crippen LogP contribution in [0, 0.1) is 0 Å². The van der Waals surface area contributed by atoms with E-state index < -0.39 is 16.5 Å². The van der Waals surface area contributed by atoms with E-state index in [1.807, 2.05) is 13.8 Å². The van der Waals surface area contributed by atoms with Crippen molar-refractivity contribution in [2.75, 3.05) is 19.0 Å². The Morgan fingerprint density at radius 2 is 1.31 bits per heavy atom. The zero-order valence-corrected chi connectivity index (χ0v) is 18.1. The van der Waals surface area contributed by atoms with Gasteiger partial charge in [-0.15, -0.1) is 0 Å². The summed E-state index contributed by atoms with van der Waals surface area (Å²) >= 11 is 4.21. The maximum Gasteiger partial charge on any atom is 0.397 e. The second kappa shape index (κ2) is 17.3. The summed E-state index contributed by atoms with van der Waals surface area (Å²) in [5.74, 6) is 1.00. The molecule has 0 bridgehead atoms. The van der Waals surface area contributed by atoms with Crippen LogP contribution < -0.4 is 0 Å². The first-order valence-corrected chi connectivity index (χ1v) is 12.0. The monoisotopic (exact) mass is 414 g/mol. The van der Waals surface area contributed by atoms with E-state index in [0.717, 1.165) is 25.0 Å². The Labute approximate surface area is 165 Å². The lowest BCUT2D eigenvalue weighted by atomic mass is 10.1. The molecule has 0 unspecified atom stereocenters. The Bertz CT molecular complexity index is 394. The van der Waals surface area contributed by atoms with Gasteiger partial charge < -0.3 is 9.47 Å². The van der Waals surface area contributed by atoms with Gasteiger partial charge >= 0.3 is 10.4 Å². The summed E-state index contributed by atoms with van der Waals surface area (Å²) in [6, 6.07) is 0. The molecule has 6 nitrogen and oxygen atoms in total. The van der Waals surface area contributed by atoms with Gasteiger partial charge in [0.05, 0.1) is 13.2 Å². The number of hydrogen-bond donors (Lipinski definition) is 2. The van der Waals surface area contributed by atoms with Crippen molar-refractivity contribution in [3.63, 3.8) is 0 Å². The molecule has 1 aliphatic heterocycles. The Morgan fingerprint density at radius 3 is 1.73 bits per heavy atom. The van der Waals surface area contributed by atoms with Crippen molar-refractivity contribution in [3.8, 4) is 0 Å². The van der Waals surface area contributed by atoms with Gasteiger partial charge in [0.15, 0.2) is 6.29 Å². The molecule has 0 aromatic carbocycles. The second-order valence-electron chi connectivity index (χ2n) is 6.29. The summed E-state index contributed by atoms with van der Waals surface area (Å²) in [5.41, 5.74) is 0. The molecule has 0 amide bonds. The fraction of sp³-hybridized carbons (Fsp3) is 1.00. The van der Waals surface area contributed by atoms with Crippen LogP contribution in [0.5, 0.6) is 0 Å². The Balaban J connectivity index is 0.00000301. The molecule has 0 aromatic heterocycles. The first kappa shape index (κ1) is 26.1. The van der Waals surface area contributed by atoms with Crippen LogP contribution in [0.2, 0.25) is 0 Å². The largest absolute Gasteiger partial charge is 0.397 e. The fourth-order valence-corrected chi connectivity index (χ4v) is 3.44. The smallest absolute Gasteiger partial charge is 0.350 e. The van der Waals surface area contributed by atoms with E-state index >= 15 is 0 Å². The second-order valence-corrected chi connectivity index (χ2v) is 7.79. The zero-order valence-electron chi connectivity index (χ0n) is 16.4. The van der Waals surface area contributed by atoms with Gasteiger partial charge in [0.2, 0.25) is 0 Å². The highest BCUT2D eigenvalue weighted by atomic mass is 32.3. The SMILES string of the molecule is CC.O=S(=O)(O)OC1COC(CCCCCCCCCCCCS)OC1. The van der Waals surface area contributed by atoms with Gasteiger partial charge in [-0.1, -0.05) is 65.2 Å². The normalized spacial score (nSPS) is 20.5. The predicted octanol–water partition coefficient (Wildman–Crippen LogP) is 4.79. The van der Waals surface area contributed by atoms with E-state index in [4.69, 9.17) is 14.0 Å². The van der Waals surface area contributed by atoms with E-state index in [1.54, 1.807) is 0 Å². The van der Waals surface area contributed by atoms with Crippen molar-refractivity contribution in [2.24, 2.45) is 0 Å². The molecule has 0 aromatic rings. The lowest BCUT2D eigenvalue weighted by Crippen LogP contribution is -2.38. The standard InChI is InChI=1S/C16H32O6S2.C2H6/c17-24(18,19)22-15-13-20-16(21-14-15)11-9-7-5-3-1-2-4-6-8-10-12-23;1-2/h15-16,23H,1-14H2,(H,17,18,19);1-2H3. The minimum atomic E-state index is -4.44. The Morgan fingerprint density at radius 1 is 0.885 bits per heavy atom. The average Bonchev–Trinajstić information content (AvgIpc) is 2.61. The fourth-order valence-electron chi connectivity index (χ4n) is 2.76. The molecule has 8 heteroatoms. The molecule has 0 radical (unpaired) electrons. The van der Waals surface area contributed by atoms with E-state index in [0.29, 0.717) is 0 Å². The maximum absolute atomic E-state index is 10.6. The van der Waals surface area contributed by atoms with Crippen molar-refractivity contribution in [3.05, 3.63) is 0 Å². The van der Waals surface area contributed by atoms with E-state index in [1.165, 1.54) is 51.4 Å². The van der Waals surface area contributed by atoms with Crippen LogP contribution in [-0.4, -0.2) is 44.3 Å². The summed E-state index contributed by atoms with van der Waals surface area (Å²) in [5, 5.41) is 0.